The normalized spacial score (nSPS) is 17.8. The van der Waals surface area contributed by atoms with Crippen LogP contribution in [0, 0.1) is 0 Å². The molecule has 0 saturated carbocycles. The van der Waals surface area contributed by atoms with Gasteiger partial charge < -0.3 is 18.9 Å². The van der Waals surface area contributed by atoms with E-state index in [1.54, 1.807) is 24.5 Å². The van der Waals surface area contributed by atoms with Crippen molar-refractivity contribution in [3.8, 4) is 23.0 Å². The van der Waals surface area contributed by atoms with E-state index < -0.39 is 0 Å². The topological polar surface area (TPSA) is 70.1 Å². The van der Waals surface area contributed by atoms with Crippen LogP contribution in [0.2, 0.25) is 0 Å². The second-order valence-electron chi connectivity index (χ2n) is 7.59. The summed E-state index contributed by atoms with van der Waals surface area (Å²) in [5, 5.41) is 0. The minimum atomic E-state index is -0.130. The Hall–Kier alpha value is -3.84. The summed E-state index contributed by atoms with van der Waals surface area (Å²) in [4.78, 5) is 19.1. The number of rotatable bonds is 3. The van der Waals surface area contributed by atoms with Gasteiger partial charge >= 0.3 is 0 Å². The van der Waals surface area contributed by atoms with Crippen molar-refractivity contribution in [3.05, 3.63) is 82.9 Å². The van der Waals surface area contributed by atoms with E-state index >= 15 is 0 Å². The Morgan fingerprint density at radius 3 is 2.84 bits per heavy atom. The van der Waals surface area contributed by atoms with Crippen LogP contribution in [0.3, 0.4) is 0 Å². The quantitative estimate of drug-likeness (QED) is 0.604. The van der Waals surface area contributed by atoms with Crippen molar-refractivity contribution in [2.75, 3.05) is 13.5 Å². The molecule has 7 heteroatoms. The molecule has 3 aliphatic rings. The standard InChI is InChI=1S/C24H18N2O5/c27-23-17-4-6-19-18(24(17)31-22(23)8-15-2-1-7-25-10-15)12-26(13-28-19)11-16-3-5-20-21(9-16)30-14-29-20/h1-10H,11-14H2. The van der Waals surface area contributed by atoms with E-state index in [-0.39, 0.29) is 12.6 Å². The van der Waals surface area contributed by atoms with Crippen LogP contribution >= 0.6 is 0 Å². The molecule has 0 aliphatic carbocycles. The van der Waals surface area contributed by atoms with Crippen LogP contribution in [-0.2, 0) is 13.1 Å². The number of aromatic nitrogens is 1. The Kier molecular flexibility index (Phi) is 4.14. The fraction of sp³-hybridized carbons (Fsp3) is 0.167. The van der Waals surface area contributed by atoms with Crippen molar-refractivity contribution < 1.29 is 23.7 Å². The van der Waals surface area contributed by atoms with Crippen molar-refractivity contribution in [3.63, 3.8) is 0 Å². The van der Waals surface area contributed by atoms with E-state index in [0.717, 1.165) is 33.9 Å². The first-order valence-electron chi connectivity index (χ1n) is 9.98. The number of nitrogens with zero attached hydrogens (tertiary/aromatic N) is 2. The molecule has 3 aromatic rings. The molecule has 0 N–H and O–H groups in total. The Morgan fingerprint density at radius 2 is 1.94 bits per heavy atom. The van der Waals surface area contributed by atoms with Crippen molar-refractivity contribution in [1.82, 2.24) is 9.88 Å². The molecule has 4 heterocycles. The number of carbonyl (C=O) groups excluding carboxylic acids is 1. The number of ketones is 1. The van der Waals surface area contributed by atoms with Gasteiger partial charge in [0.15, 0.2) is 17.3 Å². The predicted molar refractivity (Wildman–Crippen MR) is 111 cm³/mol. The number of hydrogen-bond donors (Lipinski definition) is 0. The van der Waals surface area contributed by atoms with Crippen LogP contribution in [0.15, 0.2) is 60.6 Å². The van der Waals surface area contributed by atoms with E-state index in [9.17, 15) is 4.79 Å². The molecule has 154 valence electrons. The Bertz CT molecular complexity index is 1220. The van der Waals surface area contributed by atoms with Crippen LogP contribution in [0.25, 0.3) is 6.08 Å². The first-order chi connectivity index (χ1) is 15.2. The Labute approximate surface area is 178 Å². The van der Waals surface area contributed by atoms with E-state index in [2.05, 4.69) is 9.88 Å². The molecule has 0 radical (unpaired) electrons. The highest BCUT2D eigenvalue weighted by Gasteiger charge is 2.33. The van der Waals surface area contributed by atoms with Gasteiger partial charge in [-0.1, -0.05) is 12.1 Å². The fourth-order valence-electron chi connectivity index (χ4n) is 4.02. The minimum Gasteiger partial charge on any atom is -0.478 e. The van der Waals surface area contributed by atoms with Crippen LogP contribution in [0.4, 0.5) is 0 Å². The lowest BCUT2D eigenvalue weighted by molar-refractivity contribution is 0.0872. The maximum Gasteiger partial charge on any atom is 0.231 e. The lowest BCUT2D eigenvalue weighted by atomic mass is 10.0. The second kappa shape index (κ2) is 7.14. The lowest BCUT2D eigenvalue weighted by Gasteiger charge is -2.29. The maximum atomic E-state index is 12.9. The van der Waals surface area contributed by atoms with Gasteiger partial charge in [-0.25, -0.2) is 0 Å². The lowest BCUT2D eigenvalue weighted by Crippen LogP contribution is -2.31. The molecule has 0 amide bonds. The average Bonchev–Trinajstić information content (AvgIpc) is 3.39. The number of Topliss-reactive ketones (excluding diaryl/α,β-unsaturated/α-hetero) is 1. The molecule has 0 bridgehead atoms. The maximum absolute atomic E-state index is 12.9. The first kappa shape index (κ1) is 18.0. The van der Waals surface area contributed by atoms with E-state index in [4.69, 9.17) is 18.9 Å². The summed E-state index contributed by atoms with van der Waals surface area (Å²) in [7, 11) is 0. The van der Waals surface area contributed by atoms with Gasteiger partial charge in [0, 0.05) is 25.5 Å². The third kappa shape index (κ3) is 3.19. The predicted octanol–water partition coefficient (Wildman–Crippen LogP) is 3.78. The molecule has 31 heavy (non-hydrogen) atoms. The van der Waals surface area contributed by atoms with Crippen molar-refractivity contribution in [2.45, 2.75) is 13.1 Å². The minimum absolute atomic E-state index is 0.130. The van der Waals surface area contributed by atoms with Gasteiger partial charge in [0.25, 0.3) is 0 Å². The van der Waals surface area contributed by atoms with E-state index in [0.29, 0.717) is 36.9 Å². The molecule has 0 spiro atoms. The van der Waals surface area contributed by atoms with Crippen LogP contribution in [0.1, 0.15) is 27.0 Å². The molecule has 7 nitrogen and oxygen atoms in total. The molecule has 0 fully saturated rings. The zero-order valence-electron chi connectivity index (χ0n) is 16.5. The largest absolute Gasteiger partial charge is 0.478 e. The summed E-state index contributed by atoms with van der Waals surface area (Å²) in [6.07, 6.45) is 5.10. The average molecular weight is 414 g/mol. The van der Waals surface area contributed by atoms with Crippen molar-refractivity contribution in [2.24, 2.45) is 0 Å². The SMILES string of the molecule is O=C1C(=Cc2cccnc2)Oc2c1ccc1c2CN(Cc2ccc3c(c2)OCO3)CO1. The summed E-state index contributed by atoms with van der Waals surface area (Å²) in [6.45, 7) is 1.99. The Morgan fingerprint density at radius 1 is 1.03 bits per heavy atom. The summed E-state index contributed by atoms with van der Waals surface area (Å²) in [5.74, 6) is 3.01. The number of benzene rings is 2. The van der Waals surface area contributed by atoms with Crippen LogP contribution in [0.5, 0.6) is 23.0 Å². The van der Waals surface area contributed by atoms with Crippen molar-refractivity contribution in [1.29, 1.82) is 0 Å². The highest BCUT2D eigenvalue weighted by atomic mass is 16.7. The number of hydrogen-bond acceptors (Lipinski definition) is 7. The van der Waals surface area contributed by atoms with Gasteiger partial charge in [0.1, 0.15) is 18.2 Å². The van der Waals surface area contributed by atoms with Gasteiger partial charge in [-0.15, -0.1) is 0 Å². The van der Waals surface area contributed by atoms with Gasteiger partial charge in [-0.2, -0.15) is 0 Å². The van der Waals surface area contributed by atoms with E-state index in [1.807, 2.05) is 36.4 Å². The third-order valence-corrected chi connectivity index (χ3v) is 5.51. The number of allylic oxidation sites excluding steroid dienone is 1. The highest BCUT2D eigenvalue weighted by Crippen LogP contribution is 2.42. The molecule has 0 atom stereocenters. The molecule has 0 unspecified atom stereocenters. The zero-order valence-corrected chi connectivity index (χ0v) is 16.5. The Balaban J connectivity index is 1.26. The molecule has 6 rings (SSSR count). The number of carbonyl (C=O) groups is 1. The molecular formula is C24H18N2O5. The van der Waals surface area contributed by atoms with Gasteiger partial charge in [-0.3, -0.25) is 14.7 Å². The van der Waals surface area contributed by atoms with Gasteiger partial charge in [-0.05, 0) is 47.5 Å². The highest BCUT2D eigenvalue weighted by molar-refractivity contribution is 6.15. The summed E-state index contributed by atoms with van der Waals surface area (Å²) >= 11 is 0. The number of ether oxygens (including phenoxy) is 4. The van der Waals surface area contributed by atoms with Gasteiger partial charge in [0.2, 0.25) is 12.6 Å². The molecule has 1 aromatic heterocycles. The summed E-state index contributed by atoms with van der Waals surface area (Å²) in [5.41, 5.74) is 3.35. The van der Waals surface area contributed by atoms with Gasteiger partial charge in [0.05, 0.1) is 11.1 Å². The van der Waals surface area contributed by atoms with Crippen molar-refractivity contribution >= 4 is 11.9 Å². The summed E-state index contributed by atoms with van der Waals surface area (Å²) in [6, 6.07) is 13.3. The molecular weight excluding hydrogens is 396 g/mol. The number of pyridine rings is 1. The third-order valence-electron chi connectivity index (χ3n) is 5.51. The fourth-order valence-corrected chi connectivity index (χ4v) is 4.02. The van der Waals surface area contributed by atoms with Crippen LogP contribution < -0.4 is 18.9 Å². The zero-order chi connectivity index (χ0) is 20.8. The second-order valence-corrected chi connectivity index (χ2v) is 7.59. The smallest absolute Gasteiger partial charge is 0.231 e. The monoisotopic (exact) mass is 414 g/mol. The molecule has 0 saturated heterocycles. The first-order valence-corrected chi connectivity index (χ1v) is 9.98. The molecule has 2 aromatic carbocycles. The summed E-state index contributed by atoms with van der Waals surface area (Å²) < 4.78 is 22.8. The molecule has 3 aliphatic heterocycles. The van der Waals surface area contributed by atoms with E-state index in [1.165, 1.54) is 0 Å². The number of fused-ring (bicyclic) bond motifs is 4. The van der Waals surface area contributed by atoms with Crippen LogP contribution in [-0.4, -0.2) is 29.2 Å².